The van der Waals surface area contributed by atoms with Crippen molar-refractivity contribution < 1.29 is 14.0 Å². The van der Waals surface area contributed by atoms with Gasteiger partial charge in [0.05, 0.1) is 13.0 Å². The first-order valence-corrected chi connectivity index (χ1v) is 10.00. The highest BCUT2D eigenvalue weighted by atomic mass is 28.4. The minimum absolute atomic E-state index is 0.177. The van der Waals surface area contributed by atoms with Gasteiger partial charge in [-0.25, -0.2) is 0 Å². The van der Waals surface area contributed by atoms with E-state index in [0.29, 0.717) is 13.0 Å². The minimum Gasteiger partial charge on any atom is -0.544 e. The zero-order chi connectivity index (χ0) is 15.4. The molecule has 0 N–H and O–H groups in total. The molecular weight excluding hydrogens is 268 g/mol. The van der Waals surface area contributed by atoms with E-state index in [1.54, 1.807) is 0 Å². The van der Waals surface area contributed by atoms with Crippen LogP contribution in [-0.2, 0) is 16.0 Å². The van der Waals surface area contributed by atoms with Gasteiger partial charge in [0.15, 0.2) is 0 Å². The molecule has 112 valence electrons. The van der Waals surface area contributed by atoms with Crippen molar-refractivity contribution in [2.24, 2.45) is 0 Å². The first kappa shape index (κ1) is 16.8. The Morgan fingerprint density at radius 2 is 1.70 bits per heavy atom. The van der Waals surface area contributed by atoms with Crippen molar-refractivity contribution in [3.05, 3.63) is 29.8 Å². The van der Waals surface area contributed by atoms with Crippen LogP contribution in [0, 0.1) is 0 Å². The summed E-state index contributed by atoms with van der Waals surface area (Å²) in [4.78, 5) is 11.4. The number of benzene rings is 1. The molecule has 3 nitrogen and oxygen atoms in total. The molecule has 0 aromatic heterocycles. The molecule has 4 heteroatoms. The van der Waals surface area contributed by atoms with Crippen LogP contribution in [0.1, 0.15) is 33.3 Å². The van der Waals surface area contributed by atoms with Gasteiger partial charge in [0.25, 0.3) is 0 Å². The van der Waals surface area contributed by atoms with Crippen molar-refractivity contribution >= 4 is 14.3 Å². The summed E-state index contributed by atoms with van der Waals surface area (Å²) < 4.78 is 11.1. The van der Waals surface area contributed by atoms with Crippen molar-refractivity contribution in [3.8, 4) is 5.75 Å². The van der Waals surface area contributed by atoms with Gasteiger partial charge >= 0.3 is 5.97 Å². The Kier molecular flexibility index (Phi) is 5.40. The molecule has 0 aliphatic rings. The SMILES string of the molecule is CCOC(=O)Cc1ccc(O[Si](C)(C)C(C)(C)C)cc1. The van der Waals surface area contributed by atoms with Gasteiger partial charge in [0.2, 0.25) is 8.32 Å². The molecule has 20 heavy (non-hydrogen) atoms. The average molecular weight is 294 g/mol. The average Bonchev–Trinajstić information content (AvgIpc) is 2.30. The van der Waals surface area contributed by atoms with Crippen molar-refractivity contribution in [1.82, 2.24) is 0 Å². The van der Waals surface area contributed by atoms with Gasteiger partial charge in [-0.1, -0.05) is 32.9 Å². The molecule has 0 saturated heterocycles. The number of hydrogen-bond donors (Lipinski definition) is 0. The third-order valence-corrected chi connectivity index (χ3v) is 8.11. The molecule has 0 fully saturated rings. The standard InChI is InChI=1S/C16H26O3Si/c1-7-18-15(17)12-13-8-10-14(11-9-13)19-20(5,6)16(2,3)4/h8-11H,7,12H2,1-6H3. The summed E-state index contributed by atoms with van der Waals surface area (Å²) >= 11 is 0. The first-order chi connectivity index (χ1) is 9.15. The predicted octanol–water partition coefficient (Wildman–Crippen LogP) is 4.18. The minimum atomic E-state index is -1.80. The Labute approximate surface area is 123 Å². The van der Waals surface area contributed by atoms with Crippen LogP contribution in [0.25, 0.3) is 0 Å². The molecule has 0 aliphatic heterocycles. The Morgan fingerprint density at radius 3 is 2.15 bits per heavy atom. The molecule has 0 spiro atoms. The molecule has 0 bridgehead atoms. The monoisotopic (exact) mass is 294 g/mol. The fraction of sp³-hybridized carbons (Fsp3) is 0.562. The molecule has 0 unspecified atom stereocenters. The van der Waals surface area contributed by atoms with E-state index in [1.807, 2.05) is 31.2 Å². The summed E-state index contributed by atoms with van der Waals surface area (Å²) in [6.45, 7) is 13.3. The molecule has 0 heterocycles. The van der Waals surface area contributed by atoms with Gasteiger partial charge < -0.3 is 9.16 Å². The van der Waals surface area contributed by atoms with Crippen LogP contribution in [-0.4, -0.2) is 20.9 Å². The van der Waals surface area contributed by atoms with Crippen molar-refractivity contribution in [2.75, 3.05) is 6.61 Å². The highest BCUT2D eigenvalue weighted by Gasteiger charge is 2.38. The smallest absolute Gasteiger partial charge is 0.310 e. The van der Waals surface area contributed by atoms with Gasteiger partial charge in [-0.15, -0.1) is 0 Å². The van der Waals surface area contributed by atoms with Gasteiger partial charge in [-0.2, -0.15) is 0 Å². The summed E-state index contributed by atoms with van der Waals surface area (Å²) in [7, 11) is -1.80. The molecule has 0 saturated carbocycles. The van der Waals surface area contributed by atoms with Crippen LogP contribution in [0.15, 0.2) is 24.3 Å². The third-order valence-electron chi connectivity index (χ3n) is 3.76. The van der Waals surface area contributed by atoms with E-state index in [2.05, 4.69) is 33.9 Å². The number of ether oxygens (including phenoxy) is 1. The Balaban J connectivity index is 2.70. The maximum Gasteiger partial charge on any atom is 0.310 e. The van der Waals surface area contributed by atoms with Gasteiger partial charge in [-0.3, -0.25) is 4.79 Å². The summed E-state index contributed by atoms with van der Waals surface area (Å²) in [5.41, 5.74) is 0.950. The van der Waals surface area contributed by atoms with Gasteiger partial charge in [0.1, 0.15) is 5.75 Å². The Hall–Kier alpha value is -1.29. The van der Waals surface area contributed by atoms with Crippen LogP contribution >= 0.6 is 0 Å². The highest BCUT2D eigenvalue weighted by Crippen LogP contribution is 2.37. The number of hydrogen-bond acceptors (Lipinski definition) is 3. The summed E-state index contributed by atoms with van der Waals surface area (Å²) in [5, 5.41) is 0.177. The normalized spacial score (nSPS) is 12.1. The molecule has 0 atom stereocenters. The second-order valence-corrected chi connectivity index (χ2v) is 11.2. The van der Waals surface area contributed by atoms with Crippen molar-refractivity contribution in [2.45, 2.75) is 52.2 Å². The van der Waals surface area contributed by atoms with Crippen molar-refractivity contribution in [3.63, 3.8) is 0 Å². The van der Waals surface area contributed by atoms with Crippen LogP contribution in [0.3, 0.4) is 0 Å². The number of carbonyl (C=O) groups excluding carboxylic acids is 1. The van der Waals surface area contributed by atoms with Crippen LogP contribution in [0.5, 0.6) is 5.75 Å². The molecule has 0 aliphatic carbocycles. The Bertz CT molecular complexity index is 444. The highest BCUT2D eigenvalue weighted by molar-refractivity contribution is 6.74. The van der Waals surface area contributed by atoms with E-state index in [1.165, 1.54) is 0 Å². The van der Waals surface area contributed by atoms with E-state index >= 15 is 0 Å². The summed E-state index contributed by atoms with van der Waals surface area (Å²) in [6.07, 6.45) is 0.314. The lowest BCUT2D eigenvalue weighted by Gasteiger charge is -2.36. The largest absolute Gasteiger partial charge is 0.544 e. The topological polar surface area (TPSA) is 35.5 Å². The van der Waals surface area contributed by atoms with E-state index < -0.39 is 8.32 Å². The maximum absolute atomic E-state index is 11.4. The van der Waals surface area contributed by atoms with E-state index in [4.69, 9.17) is 9.16 Å². The quantitative estimate of drug-likeness (QED) is 0.604. The summed E-state index contributed by atoms with van der Waals surface area (Å²) in [5.74, 6) is 0.690. The van der Waals surface area contributed by atoms with Crippen LogP contribution < -0.4 is 4.43 Å². The fourth-order valence-corrected chi connectivity index (χ4v) is 2.53. The van der Waals surface area contributed by atoms with E-state index in [9.17, 15) is 4.79 Å². The zero-order valence-electron chi connectivity index (χ0n) is 13.4. The third kappa shape index (κ3) is 4.67. The molecule has 1 aromatic rings. The second-order valence-electron chi connectivity index (χ2n) is 6.49. The lowest BCUT2D eigenvalue weighted by molar-refractivity contribution is -0.142. The summed E-state index contributed by atoms with van der Waals surface area (Å²) in [6, 6.07) is 7.74. The number of rotatable bonds is 5. The van der Waals surface area contributed by atoms with Gasteiger partial charge in [-0.05, 0) is 42.8 Å². The van der Waals surface area contributed by atoms with Gasteiger partial charge in [0, 0.05) is 0 Å². The van der Waals surface area contributed by atoms with E-state index in [-0.39, 0.29) is 11.0 Å². The molecule has 0 radical (unpaired) electrons. The Morgan fingerprint density at radius 1 is 1.15 bits per heavy atom. The fourth-order valence-electron chi connectivity index (χ4n) is 1.50. The molecule has 0 amide bonds. The second kappa shape index (κ2) is 6.44. The predicted molar refractivity (Wildman–Crippen MR) is 84.6 cm³/mol. The molecular formula is C16H26O3Si. The van der Waals surface area contributed by atoms with Crippen molar-refractivity contribution in [1.29, 1.82) is 0 Å². The van der Waals surface area contributed by atoms with Crippen LogP contribution in [0.2, 0.25) is 18.1 Å². The maximum atomic E-state index is 11.4. The molecule has 1 aromatic carbocycles. The zero-order valence-corrected chi connectivity index (χ0v) is 14.4. The number of esters is 1. The molecule has 1 rings (SSSR count). The van der Waals surface area contributed by atoms with E-state index in [0.717, 1.165) is 11.3 Å². The van der Waals surface area contributed by atoms with Crippen LogP contribution in [0.4, 0.5) is 0 Å². The lowest BCUT2D eigenvalue weighted by atomic mass is 10.1. The number of carbonyl (C=O) groups is 1. The lowest BCUT2D eigenvalue weighted by Crippen LogP contribution is -2.43. The first-order valence-electron chi connectivity index (χ1n) is 7.09.